The molecule has 0 spiro atoms. The Morgan fingerprint density at radius 3 is 2.76 bits per heavy atom. The minimum Gasteiger partial charge on any atom is -0.369 e. The molecule has 1 saturated heterocycles. The van der Waals surface area contributed by atoms with Crippen LogP contribution in [-0.4, -0.2) is 12.6 Å². The maximum atomic E-state index is 13.5. The van der Waals surface area contributed by atoms with Gasteiger partial charge in [-0.3, -0.25) is 0 Å². The van der Waals surface area contributed by atoms with E-state index in [1.165, 1.54) is 18.9 Å². The second-order valence-electron chi connectivity index (χ2n) is 5.19. The maximum Gasteiger partial charge on any atom is 0.125 e. The van der Waals surface area contributed by atoms with Crippen LogP contribution < -0.4 is 10.6 Å². The number of anilines is 1. The molecule has 1 aromatic rings. The summed E-state index contributed by atoms with van der Waals surface area (Å²) in [5.41, 5.74) is 7.43. The van der Waals surface area contributed by atoms with Crippen LogP contribution >= 0.6 is 0 Å². The molecule has 1 heterocycles. The Kier molecular flexibility index (Phi) is 3.67. The predicted molar refractivity (Wildman–Crippen MR) is 69.5 cm³/mol. The van der Waals surface area contributed by atoms with Crippen LogP contribution in [0.5, 0.6) is 0 Å². The Balaban J connectivity index is 2.24. The lowest BCUT2D eigenvalue weighted by Gasteiger charge is -2.38. The van der Waals surface area contributed by atoms with E-state index in [1.54, 1.807) is 6.07 Å². The van der Waals surface area contributed by atoms with Crippen molar-refractivity contribution in [2.24, 2.45) is 11.7 Å². The van der Waals surface area contributed by atoms with Crippen molar-refractivity contribution in [2.75, 3.05) is 11.4 Å². The molecule has 0 amide bonds. The van der Waals surface area contributed by atoms with E-state index < -0.39 is 0 Å². The predicted octanol–water partition coefficient (Wildman–Crippen LogP) is 2.91. The van der Waals surface area contributed by atoms with Crippen molar-refractivity contribution in [1.29, 1.82) is 0 Å². The lowest BCUT2D eigenvalue weighted by Crippen LogP contribution is -2.40. The van der Waals surface area contributed by atoms with E-state index in [4.69, 9.17) is 5.73 Å². The van der Waals surface area contributed by atoms with Crippen LogP contribution in [0.1, 0.15) is 32.3 Å². The van der Waals surface area contributed by atoms with Crippen LogP contribution in [0.4, 0.5) is 10.1 Å². The number of nitrogens with two attached hydrogens (primary N) is 1. The molecule has 2 nitrogen and oxygen atoms in total. The van der Waals surface area contributed by atoms with E-state index in [-0.39, 0.29) is 5.82 Å². The van der Waals surface area contributed by atoms with Crippen molar-refractivity contribution in [3.8, 4) is 0 Å². The summed E-state index contributed by atoms with van der Waals surface area (Å²) in [6.07, 6.45) is 2.35. The summed E-state index contributed by atoms with van der Waals surface area (Å²) in [5.74, 6) is 0.581. The van der Waals surface area contributed by atoms with Crippen LogP contribution in [0.15, 0.2) is 18.2 Å². The van der Waals surface area contributed by atoms with Crippen molar-refractivity contribution in [1.82, 2.24) is 0 Å². The quantitative estimate of drug-likeness (QED) is 0.855. The third kappa shape index (κ3) is 2.78. The summed E-state index contributed by atoms with van der Waals surface area (Å²) in [6, 6.07) is 5.62. The number of nitrogens with zero attached hydrogens (tertiary/aromatic N) is 1. The normalized spacial score (nSPS) is 25.1. The number of hydrogen-bond donors (Lipinski definition) is 1. The lowest BCUT2D eigenvalue weighted by molar-refractivity contribution is 0.377. The Morgan fingerprint density at radius 2 is 2.12 bits per heavy atom. The largest absolute Gasteiger partial charge is 0.369 e. The average molecular weight is 236 g/mol. The second kappa shape index (κ2) is 5.05. The van der Waals surface area contributed by atoms with Crippen LogP contribution in [-0.2, 0) is 6.54 Å². The number of halogens is 1. The Bertz CT molecular complexity index is 392. The molecule has 1 aromatic carbocycles. The van der Waals surface area contributed by atoms with Gasteiger partial charge < -0.3 is 10.6 Å². The van der Waals surface area contributed by atoms with Gasteiger partial charge in [0.1, 0.15) is 5.82 Å². The molecule has 0 aromatic heterocycles. The van der Waals surface area contributed by atoms with Gasteiger partial charge in [-0.1, -0.05) is 6.92 Å². The first-order valence-corrected chi connectivity index (χ1v) is 6.36. The Labute approximate surface area is 103 Å². The molecule has 1 aliphatic rings. The highest BCUT2D eigenvalue weighted by molar-refractivity contribution is 5.50. The molecule has 2 rings (SSSR count). The standard InChI is InChI=1S/C14H21FN2/c1-10-3-4-17(11(2)5-10)14-7-12(9-16)6-13(15)8-14/h6-8,10-11H,3-5,9,16H2,1-2H3. The van der Waals surface area contributed by atoms with Crippen molar-refractivity contribution in [2.45, 2.75) is 39.3 Å². The molecule has 17 heavy (non-hydrogen) atoms. The van der Waals surface area contributed by atoms with Gasteiger partial charge in [0.05, 0.1) is 0 Å². The molecule has 3 heteroatoms. The summed E-state index contributed by atoms with van der Waals surface area (Å²) in [5, 5.41) is 0. The zero-order valence-corrected chi connectivity index (χ0v) is 10.6. The fraction of sp³-hybridized carbons (Fsp3) is 0.571. The van der Waals surface area contributed by atoms with Crippen LogP contribution in [0, 0.1) is 11.7 Å². The minimum atomic E-state index is -0.186. The zero-order valence-electron chi connectivity index (χ0n) is 10.6. The Hall–Kier alpha value is -1.09. The van der Waals surface area contributed by atoms with Crippen LogP contribution in [0.2, 0.25) is 0 Å². The van der Waals surface area contributed by atoms with Gasteiger partial charge in [0.15, 0.2) is 0 Å². The van der Waals surface area contributed by atoms with Gasteiger partial charge in [0.25, 0.3) is 0 Å². The molecule has 1 aliphatic heterocycles. The van der Waals surface area contributed by atoms with E-state index in [9.17, 15) is 4.39 Å². The van der Waals surface area contributed by atoms with Gasteiger partial charge >= 0.3 is 0 Å². The number of hydrogen-bond acceptors (Lipinski definition) is 2. The SMILES string of the molecule is CC1CCN(c2cc(F)cc(CN)c2)C(C)C1. The maximum absolute atomic E-state index is 13.5. The van der Waals surface area contributed by atoms with Crippen LogP contribution in [0.25, 0.3) is 0 Å². The fourth-order valence-electron chi connectivity index (χ4n) is 2.71. The monoisotopic (exact) mass is 236 g/mol. The lowest BCUT2D eigenvalue weighted by atomic mass is 9.93. The fourth-order valence-corrected chi connectivity index (χ4v) is 2.71. The molecule has 0 aliphatic carbocycles. The summed E-state index contributed by atoms with van der Waals surface area (Å²) >= 11 is 0. The van der Waals surface area contributed by atoms with Crippen LogP contribution in [0.3, 0.4) is 0 Å². The number of piperidine rings is 1. The third-order valence-corrected chi connectivity index (χ3v) is 3.65. The topological polar surface area (TPSA) is 29.3 Å². The second-order valence-corrected chi connectivity index (χ2v) is 5.19. The highest BCUT2D eigenvalue weighted by Gasteiger charge is 2.23. The molecule has 2 atom stereocenters. The van der Waals surface area contributed by atoms with Crippen molar-refractivity contribution >= 4 is 5.69 Å². The minimum absolute atomic E-state index is 0.186. The van der Waals surface area contributed by atoms with Gasteiger partial charge in [0, 0.05) is 24.8 Å². The highest BCUT2D eigenvalue weighted by atomic mass is 19.1. The van der Waals surface area contributed by atoms with Crippen molar-refractivity contribution in [3.63, 3.8) is 0 Å². The van der Waals surface area contributed by atoms with E-state index in [2.05, 4.69) is 18.7 Å². The number of rotatable bonds is 2. The molecule has 0 saturated carbocycles. The number of benzene rings is 1. The van der Waals surface area contributed by atoms with Gasteiger partial charge in [0.2, 0.25) is 0 Å². The summed E-state index contributed by atoms with van der Waals surface area (Å²) in [6.45, 7) is 5.90. The summed E-state index contributed by atoms with van der Waals surface area (Å²) in [7, 11) is 0. The first-order valence-electron chi connectivity index (χ1n) is 6.36. The molecular formula is C14H21FN2. The third-order valence-electron chi connectivity index (χ3n) is 3.65. The van der Waals surface area contributed by atoms with Crippen molar-refractivity contribution in [3.05, 3.63) is 29.6 Å². The average Bonchev–Trinajstić information content (AvgIpc) is 2.28. The van der Waals surface area contributed by atoms with E-state index in [1.807, 2.05) is 6.07 Å². The van der Waals surface area contributed by atoms with Gasteiger partial charge in [-0.05, 0) is 49.4 Å². The summed E-state index contributed by atoms with van der Waals surface area (Å²) in [4.78, 5) is 2.29. The molecular weight excluding hydrogens is 215 g/mol. The zero-order chi connectivity index (χ0) is 12.4. The molecule has 0 radical (unpaired) electrons. The van der Waals surface area contributed by atoms with Gasteiger partial charge in [-0.25, -0.2) is 4.39 Å². The molecule has 0 bridgehead atoms. The molecule has 1 fully saturated rings. The molecule has 94 valence electrons. The van der Waals surface area contributed by atoms with Gasteiger partial charge in [-0.15, -0.1) is 0 Å². The Morgan fingerprint density at radius 1 is 1.35 bits per heavy atom. The highest BCUT2D eigenvalue weighted by Crippen LogP contribution is 2.28. The van der Waals surface area contributed by atoms with Gasteiger partial charge in [-0.2, -0.15) is 0 Å². The van der Waals surface area contributed by atoms with E-state index in [0.717, 1.165) is 23.7 Å². The summed E-state index contributed by atoms with van der Waals surface area (Å²) < 4.78 is 13.5. The van der Waals surface area contributed by atoms with E-state index >= 15 is 0 Å². The smallest absolute Gasteiger partial charge is 0.125 e. The van der Waals surface area contributed by atoms with E-state index in [0.29, 0.717) is 12.6 Å². The first kappa shape index (κ1) is 12.4. The molecule has 2 unspecified atom stereocenters. The van der Waals surface area contributed by atoms with Crippen molar-refractivity contribution < 1.29 is 4.39 Å². The first-order chi connectivity index (χ1) is 8.10. The molecule has 2 N–H and O–H groups in total.